The van der Waals surface area contributed by atoms with E-state index < -0.39 is 0 Å². The Morgan fingerprint density at radius 3 is 2.11 bits per heavy atom. The summed E-state index contributed by atoms with van der Waals surface area (Å²) in [5.74, 6) is 1.04. The average Bonchev–Trinajstić information content (AvgIpc) is 2.90. The van der Waals surface area contributed by atoms with Crippen LogP contribution in [0.15, 0.2) is 0 Å². The van der Waals surface area contributed by atoms with Crippen LogP contribution in [0, 0.1) is 0 Å². The van der Waals surface area contributed by atoms with Gasteiger partial charge in [-0.1, -0.05) is 67.5 Å². The van der Waals surface area contributed by atoms with Gasteiger partial charge in [0.25, 0.3) is 0 Å². The van der Waals surface area contributed by atoms with E-state index in [1.807, 2.05) is 6.92 Å². The fourth-order valence-electron chi connectivity index (χ4n) is 3.32. The highest BCUT2D eigenvalue weighted by Crippen LogP contribution is 2.20. The van der Waals surface area contributed by atoms with E-state index in [1.54, 1.807) is 28.5 Å². The van der Waals surface area contributed by atoms with Gasteiger partial charge in [-0.25, -0.2) is 0 Å². The van der Waals surface area contributed by atoms with Crippen LogP contribution < -0.4 is 5.32 Å². The summed E-state index contributed by atoms with van der Waals surface area (Å²) in [4.78, 5) is 37.1. The minimum absolute atomic E-state index is 0.0933. The minimum atomic E-state index is -0.256. The molecule has 0 radical (unpaired) electrons. The molecule has 9 nitrogen and oxygen atoms in total. The van der Waals surface area contributed by atoms with Crippen molar-refractivity contribution in [2.24, 2.45) is 0 Å². The van der Waals surface area contributed by atoms with Gasteiger partial charge in [-0.05, 0) is 32.7 Å². The highest BCUT2D eigenvalue weighted by molar-refractivity contribution is 8.76. The summed E-state index contributed by atoms with van der Waals surface area (Å²) >= 11 is 0. The van der Waals surface area contributed by atoms with Crippen molar-refractivity contribution in [1.82, 2.24) is 10.2 Å². The molecule has 0 aromatic rings. The van der Waals surface area contributed by atoms with E-state index in [4.69, 9.17) is 18.9 Å². The number of carbonyl (C=O) groups excluding carboxylic acids is 3. The molecule has 0 aromatic heterocycles. The number of nitrogens with one attached hydrogen (secondary N) is 1. The molecule has 0 saturated carbocycles. The Kier molecular flexibility index (Phi) is 28.2. The quantitative estimate of drug-likeness (QED) is 0.0453. The zero-order chi connectivity index (χ0) is 28.1. The summed E-state index contributed by atoms with van der Waals surface area (Å²) in [5.41, 5.74) is 0. The van der Waals surface area contributed by atoms with Crippen molar-refractivity contribution in [3.05, 3.63) is 0 Å². The normalized spacial score (nSPS) is 11.1. The van der Waals surface area contributed by atoms with Gasteiger partial charge in [0.15, 0.2) is 0 Å². The summed E-state index contributed by atoms with van der Waals surface area (Å²) in [6.45, 7) is 10.4. The largest absolute Gasteiger partial charge is 0.466 e. The van der Waals surface area contributed by atoms with Crippen LogP contribution in [0.4, 0.5) is 0 Å². The van der Waals surface area contributed by atoms with Crippen LogP contribution in [0.1, 0.15) is 85.0 Å². The molecule has 0 heterocycles. The second-order valence-electron chi connectivity index (χ2n) is 8.84. The van der Waals surface area contributed by atoms with Crippen molar-refractivity contribution in [2.45, 2.75) is 85.0 Å². The summed E-state index contributed by atoms with van der Waals surface area (Å²) in [6.07, 6.45) is 9.45. The van der Waals surface area contributed by atoms with Gasteiger partial charge in [0.1, 0.15) is 6.61 Å². The molecule has 224 valence electrons. The van der Waals surface area contributed by atoms with E-state index in [-0.39, 0.29) is 24.5 Å². The predicted molar refractivity (Wildman–Crippen MR) is 156 cm³/mol. The van der Waals surface area contributed by atoms with Crippen molar-refractivity contribution in [1.29, 1.82) is 0 Å². The van der Waals surface area contributed by atoms with Crippen LogP contribution in [0.2, 0.25) is 0 Å². The molecule has 0 aliphatic heterocycles. The van der Waals surface area contributed by atoms with E-state index in [0.717, 1.165) is 43.7 Å². The first-order valence-corrected chi connectivity index (χ1v) is 16.7. The Morgan fingerprint density at radius 2 is 1.37 bits per heavy atom. The summed E-state index contributed by atoms with van der Waals surface area (Å²) in [7, 11) is 3.37. The second kappa shape index (κ2) is 29.0. The maximum absolute atomic E-state index is 11.9. The van der Waals surface area contributed by atoms with Crippen molar-refractivity contribution >= 4 is 39.5 Å². The molecule has 0 amide bonds. The molecular formula is C27H52N2O7S2. The molecule has 0 aliphatic rings. The minimum Gasteiger partial charge on any atom is -0.466 e. The van der Waals surface area contributed by atoms with Crippen molar-refractivity contribution in [2.75, 3.05) is 70.8 Å². The Balaban J connectivity index is 3.91. The molecular weight excluding hydrogens is 528 g/mol. The van der Waals surface area contributed by atoms with Crippen LogP contribution in [-0.2, 0) is 33.3 Å². The van der Waals surface area contributed by atoms with Gasteiger partial charge in [0.05, 0.1) is 39.5 Å². The monoisotopic (exact) mass is 580 g/mol. The molecule has 0 rings (SSSR count). The van der Waals surface area contributed by atoms with Gasteiger partial charge in [-0.2, -0.15) is 0 Å². The molecule has 0 aromatic carbocycles. The fraction of sp³-hybridized carbons (Fsp3) is 0.889. The number of rotatable bonds is 28. The molecule has 0 atom stereocenters. The van der Waals surface area contributed by atoms with Crippen LogP contribution in [0.3, 0.4) is 0 Å². The molecule has 0 fully saturated rings. The summed E-state index contributed by atoms with van der Waals surface area (Å²) < 4.78 is 21.2. The maximum atomic E-state index is 11.9. The van der Waals surface area contributed by atoms with Gasteiger partial charge in [0, 0.05) is 31.0 Å². The zero-order valence-corrected chi connectivity index (χ0v) is 25.6. The highest BCUT2D eigenvalue weighted by atomic mass is 33.1. The predicted octanol–water partition coefficient (Wildman–Crippen LogP) is 4.82. The van der Waals surface area contributed by atoms with Gasteiger partial charge in [-0.15, -0.1) is 0 Å². The van der Waals surface area contributed by atoms with E-state index >= 15 is 0 Å². The van der Waals surface area contributed by atoms with E-state index in [1.165, 1.54) is 25.7 Å². The Bertz CT molecular complexity index is 586. The Morgan fingerprint density at radius 1 is 0.684 bits per heavy atom. The standard InChI is InChI=1S/C27H52N2O7S2/c1-4-7-8-9-10-11-13-25(30)36-20-22-38-37-21-19-33-24-29(17-14-26(31)35-18-5-2)16-12-15-28-23-27(32)34-6-3/h28H,4-24H2,1-3H3. The fourth-order valence-corrected chi connectivity index (χ4v) is 5.01. The molecule has 11 heteroatoms. The van der Waals surface area contributed by atoms with E-state index in [0.29, 0.717) is 59.1 Å². The van der Waals surface area contributed by atoms with Gasteiger partial charge >= 0.3 is 17.9 Å². The third kappa shape index (κ3) is 26.6. The lowest BCUT2D eigenvalue weighted by Gasteiger charge is -2.22. The average molecular weight is 581 g/mol. The van der Waals surface area contributed by atoms with Crippen molar-refractivity contribution in [3.8, 4) is 0 Å². The number of ether oxygens (including phenoxy) is 4. The Hall–Kier alpha value is -1.01. The lowest BCUT2D eigenvalue weighted by Crippen LogP contribution is -2.33. The highest BCUT2D eigenvalue weighted by Gasteiger charge is 2.10. The smallest absolute Gasteiger partial charge is 0.319 e. The summed E-state index contributed by atoms with van der Waals surface area (Å²) in [6, 6.07) is 0. The first-order chi connectivity index (χ1) is 18.5. The number of hydrogen-bond acceptors (Lipinski definition) is 11. The lowest BCUT2D eigenvalue weighted by atomic mass is 10.1. The third-order valence-electron chi connectivity index (χ3n) is 5.33. The number of esters is 3. The van der Waals surface area contributed by atoms with E-state index in [9.17, 15) is 14.4 Å². The van der Waals surface area contributed by atoms with Crippen LogP contribution in [0.25, 0.3) is 0 Å². The number of nitrogens with zero attached hydrogens (tertiary/aromatic N) is 1. The van der Waals surface area contributed by atoms with Gasteiger partial charge in [-0.3, -0.25) is 19.3 Å². The SMILES string of the molecule is CCCCCCCCC(=O)OCCSSCCOCN(CCCNCC(=O)OCC)CCC(=O)OCCC. The van der Waals surface area contributed by atoms with E-state index in [2.05, 4.69) is 17.1 Å². The second-order valence-corrected chi connectivity index (χ2v) is 11.5. The van der Waals surface area contributed by atoms with Crippen LogP contribution >= 0.6 is 21.6 Å². The van der Waals surface area contributed by atoms with Crippen molar-refractivity contribution < 1.29 is 33.3 Å². The number of hydrogen-bond donors (Lipinski definition) is 1. The maximum Gasteiger partial charge on any atom is 0.319 e. The molecule has 0 unspecified atom stereocenters. The topological polar surface area (TPSA) is 103 Å². The number of carbonyl (C=O) groups is 3. The molecule has 0 spiro atoms. The van der Waals surface area contributed by atoms with Gasteiger partial charge < -0.3 is 24.3 Å². The third-order valence-corrected chi connectivity index (χ3v) is 7.67. The summed E-state index contributed by atoms with van der Waals surface area (Å²) in [5, 5.41) is 3.07. The lowest BCUT2D eigenvalue weighted by molar-refractivity contribution is -0.144. The first-order valence-electron chi connectivity index (χ1n) is 14.2. The molecule has 38 heavy (non-hydrogen) atoms. The molecule has 0 aliphatic carbocycles. The number of unbranched alkanes of at least 4 members (excludes halogenated alkanes) is 5. The molecule has 0 saturated heterocycles. The van der Waals surface area contributed by atoms with Crippen molar-refractivity contribution in [3.63, 3.8) is 0 Å². The molecule has 0 bridgehead atoms. The molecule has 1 N–H and O–H groups in total. The first kappa shape index (κ1) is 37.0. The van der Waals surface area contributed by atoms with Crippen LogP contribution in [0.5, 0.6) is 0 Å². The zero-order valence-electron chi connectivity index (χ0n) is 24.0. The Labute approximate surface area is 238 Å². The van der Waals surface area contributed by atoms with Crippen LogP contribution in [-0.4, -0.2) is 93.7 Å². The van der Waals surface area contributed by atoms with Gasteiger partial charge in [0.2, 0.25) is 0 Å².